The van der Waals surface area contributed by atoms with Gasteiger partial charge in [-0.3, -0.25) is 4.18 Å². The second-order valence-corrected chi connectivity index (χ2v) is 7.66. The summed E-state index contributed by atoms with van der Waals surface area (Å²) in [6, 6.07) is 6.29. The van der Waals surface area contributed by atoms with Crippen molar-refractivity contribution in [3.63, 3.8) is 0 Å². The van der Waals surface area contributed by atoms with Crippen molar-refractivity contribution in [3.8, 4) is 0 Å². The van der Waals surface area contributed by atoms with Crippen molar-refractivity contribution in [2.75, 3.05) is 6.61 Å². The summed E-state index contributed by atoms with van der Waals surface area (Å²) >= 11 is 0. The number of fused-ring (bicyclic) bond motifs is 1. The number of rotatable bonds is 4. The van der Waals surface area contributed by atoms with Crippen molar-refractivity contribution < 1.29 is 31.6 Å². The lowest BCUT2D eigenvalue weighted by Gasteiger charge is -2.21. The van der Waals surface area contributed by atoms with Gasteiger partial charge in [0.1, 0.15) is 12.7 Å². The van der Waals surface area contributed by atoms with Gasteiger partial charge < -0.3 is 14.2 Å². The van der Waals surface area contributed by atoms with E-state index in [0.717, 1.165) is 5.56 Å². The predicted molar refractivity (Wildman–Crippen MR) is 78.0 cm³/mol. The Hall–Kier alpha value is -1.48. The number of esters is 1. The van der Waals surface area contributed by atoms with Gasteiger partial charge in [-0.1, -0.05) is 17.7 Å². The molecule has 2 saturated heterocycles. The fourth-order valence-electron chi connectivity index (χ4n) is 2.59. The highest BCUT2D eigenvalue weighted by atomic mass is 32.2. The van der Waals surface area contributed by atoms with Crippen molar-refractivity contribution in [3.05, 3.63) is 29.8 Å². The van der Waals surface area contributed by atoms with Gasteiger partial charge in [0, 0.05) is 0 Å². The van der Waals surface area contributed by atoms with Crippen LogP contribution in [-0.2, 0) is 33.3 Å². The van der Waals surface area contributed by atoms with E-state index in [0.29, 0.717) is 0 Å². The molecule has 2 aliphatic rings. The van der Waals surface area contributed by atoms with Crippen LogP contribution in [0.5, 0.6) is 0 Å². The molecular formula is C15H18O7S. The van der Waals surface area contributed by atoms with E-state index in [1.165, 1.54) is 12.1 Å². The van der Waals surface area contributed by atoms with Crippen LogP contribution in [0.15, 0.2) is 29.2 Å². The maximum Gasteiger partial charge on any atom is 0.338 e. The highest BCUT2D eigenvalue weighted by Crippen LogP contribution is 2.36. The molecule has 7 nitrogen and oxygen atoms in total. The molecule has 2 heterocycles. The fourth-order valence-corrected chi connectivity index (χ4v) is 3.50. The second kappa shape index (κ2) is 5.55. The van der Waals surface area contributed by atoms with Crippen LogP contribution >= 0.6 is 0 Å². The Morgan fingerprint density at radius 1 is 1.17 bits per heavy atom. The predicted octanol–water partition coefficient (Wildman–Crippen LogP) is 1.15. The quantitative estimate of drug-likeness (QED) is 0.599. The summed E-state index contributed by atoms with van der Waals surface area (Å²) in [4.78, 5) is 11.8. The zero-order chi connectivity index (χ0) is 16.8. The van der Waals surface area contributed by atoms with E-state index < -0.39 is 40.2 Å². The molecule has 1 aromatic rings. The van der Waals surface area contributed by atoms with Crippen molar-refractivity contribution >= 4 is 16.1 Å². The smallest absolute Gasteiger partial charge is 0.338 e. The minimum Gasteiger partial charge on any atom is -0.455 e. The first-order valence-corrected chi connectivity index (χ1v) is 8.61. The van der Waals surface area contributed by atoms with E-state index in [1.807, 2.05) is 6.92 Å². The summed E-state index contributed by atoms with van der Waals surface area (Å²) in [6.45, 7) is 4.90. The summed E-state index contributed by atoms with van der Waals surface area (Å²) in [7, 11) is -3.93. The van der Waals surface area contributed by atoms with Crippen molar-refractivity contribution in [1.82, 2.24) is 0 Å². The molecule has 1 aromatic carbocycles. The minimum absolute atomic E-state index is 0.0490. The summed E-state index contributed by atoms with van der Waals surface area (Å²) in [6.07, 6.45) is -2.35. The van der Waals surface area contributed by atoms with Gasteiger partial charge in [-0.15, -0.1) is 0 Å². The number of carbonyl (C=O) groups excluding carboxylic acids is 1. The number of cyclic esters (lactones) is 1. The number of benzene rings is 1. The first kappa shape index (κ1) is 16.4. The lowest BCUT2D eigenvalue weighted by Crippen LogP contribution is -2.33. The van der Waals surface area contributed by atoms with Crippen LogP contribution in [-0.4, -0.2) is 45.1 Å². The summed E-state index contributed by atoms with van der Waals surface area (Å²) < 4.78 is 45.5. The average Bonchev–Trinajstić information content (AvgIpc) is 2.92. The van der Waals surface area contributed by atoms with E-state index in [4.69, 9.17) is 18.4 Å². The number of ether oxygens (including phenoxy) is 3. The van der Waals surface area contributed by atoms with Gasteiger partial charge in [0.25, 0.3) is 10.1 Å². The lowest BCUT2D eigenvalue weighted by atomic mass is 10.1. The van der Waals surface area contributed by atoms with E-state index in [9.17, 15) is 13.2 Å². The molecule has 0 aliphatic carbocycles. The molecule has 0 saturated carbocycles. The molecule has 0 N–H and O–H groups in total. The first-order valence-electron chi connectivity index (χ1n) is 7.20. The van der Waals surface area contributed by atoms with Crippen LogP contribution in [0.25, 0.3) is 0 Å². The molecular weight excluding hydrogens is 324 g/mol. The number of hydrogen-bond acceptors (Lipinski definition) is 7. The van der Waals surface area contributed by atoms with Gasteiger partial charge in [-0.25, -0.2) is 4.79 Å². The molecule has 0 unspecified atom stereocenters. The standard InChI is InChI=1S/C15H18O7S/c1-9-4-6-10(7-5-9)23(17,18)19-8-11-12-13(14(16)20-11)22-15(2,3)21-12/h4-7,11-13H,8H2,1-3H3/t11-,12+,13+/m0/s1. The maximum atomic E-state index is 12.2. The van der Waals surface area contributed by atoms with E-state index >= 15 is 0 Å². The fraction of sp³-hybridized carbons (Fsp3) is 0.533. The van der Waals surface area contributed by atoms with Crippen LogP contribution in [0.1, 0.15) is 19.4 Å². The Bertz CT molecular complexity index is 708. The molecule has 126 valence electrons. The number of hydrogen-bond donors (Lipinski definition) is 0. The zero-order valence-corrected chi connectivity index (χ0v) is 13.8. The molecule has 3 rings (SSSR count). The molecule has 2 fully saturated rings. The Morgan fingerprint density at radius 3 is 2.48 bits per heavy atom. The van der Waals surface area contributed by atoms with Gasteiger partial charge >= 0.3 is 5.97 Å². The minimum atomic E-state index is -3.93. The SMILES string of the molecule is Cc1ccc(S(=O)(=O)OC[C@@H]2OC(=O)[C@@H]3OC(C)(C)O[C@H]23)cc1. The summed E-state index contributed by atoms with van der Waals surface area (Å²) in [5.74, 6) is -1.48. The maximum absolute atomic E-state index is 12.2. The van der Waals surface area contributed by atoms with Crippen LogP contribution in [0.3, 0.4) is 0 Å². The molecule has 0 radical (unpaired) electrons. The van der Waals surface area contributed by atoms with Crippen LogP contribution in [0.2, 0.25) is 0 Å². The Labute approximate surface area is 134 Å². The first-order chi connectivity index (χ1) is 10.7. The van der Waals surface area contributed by atoms with Gasteiger partial charge in [0.15, 0.2) is 18.0 Å². The Kier molecular flexibility index (Phi) is 3.96. The molecule has 2 aliphatic heterocycles. The van der Waals surface area contributed by atoms with Gasteiger partial charge in [-0.05, 0) is 32.9 Å². The third-order valence-corrected chi connectivity index (χ3v) is 4.99. The number of aryl methyl sites for hydroxylation is 1. The van der Waals surface area contributed by atoms with Gasteiger partial charge in [0.05, 0.1) is 4.90 Å². The molecule has 0 spiro atoms. The molecule has 0 bridgehead atoms. The molecule has 8 heteroatoms. The van der Waals surface area contributed by atoms with Gasteiger partial charge in [0.2, 0.25) is 0 Å². The lowest BCUT2D eigenvalue weighted by molar-refractivity contribution is -0.188. The topological polar surface area (TPSA) is 88.1 Å². The molecule has 0 amide bonds. The Morgan fingerprint density at radius 2 is 1.83 bits per heavy atom. The highest BCUT2D eigenvalue weighted by Gasteiger charge is 2.56. The van der Waals surface area contributed by atoms with E-state index in [2.05, 4.69) is 0 Å². The molecule has 3 atom stereocenters. The summed E-state index contributed by atoms with van der Waals surface area (Å²) in [5.41, 5.74) is 0.940. The normalized spacial score (nSPS) is 29.3. The Balaban J connectivity index is 1.68. The van der Waals surface area contributed by atoms with Crippen LogP contribution in [0, 0.1) is 6.92 Å². The van der Waals surface area contributed by atoms with Crippen LogP contribution < -0.4 is 0 Å². The van der Waals surface area contributed by atoms with Crippen molar-refractivity contribution in [1.29, 1.82) is 0 Å². The summed E-state index contributed by atoms with van der Waals surface area (Å²) in [5, 5.41) is 0. The monoisotopic (exact) mass is 342 g/mol. The largest absolute Gasteiger partial charge is 0.455 e. The van der Waals surface area contributed by atoms with Crippen LogP contribution in [0.4, 0.5) is 0 Å². The zero-order valence-electron chi connectivity index (χ0n) is 13.0. The molecule has 23 heavy (non-hydrogen) atoms. The van der Waals surface area contributed by atoms with Crippen molar-refractivity contribution in [2.45, 2.75) is 49.8 Å². The van der Waals surface area contributed by atoms with Gasteiger partial charge in [-0.2, -0.15) is 8.42 Å². The van der Waals surface area contributed by atoms with Crippen molar-refractivity contribution in [2.24, 2.45) is 0 Å². The number of carbonyl (C=O) groups is 1. The molecule has 0 aromatic heterocycles. The average molecular weight is 342 g/mol. The third kappa shape index (κ3) is 3.25. The second-order valence-electron chi connectivity index (χ2n) is 6.05. The van der Waals surface area contributed by atoms with E-state index in [1.54, 1.807) is 26.0 Å². The van der Waals surface area contributed by atoms with E-state index in [-0.39, 0.29) is 11.5 Å². The third-order valence-electron chi connectivity index (χ3n) is 3.69. The highest BCUT2D eigenvalue weighted by molar-refractivity contribution is 7.86.